The van der Waals surface area contributed by atoms with E-state index in [2.05, 4.69) is 52.8 Å². The van der Waals surface area contributed by atoms with Gasteiger partial charge in [0.25, 0.3) is 5.91 Å². The molecule has 5 nitrogen and oxygen atoms in total. The Morgan fingerprint density at radius 1 is 1.29 bits per heavy atom. The molecule has 2 aliphatic rings. The van der Waals surface area contributed by atoms with Crippen molar-refractivity contribution < 1.29 is 4.79 Å². The van der Waals surface area contributed by atoms with Gasteiger partial charge in [-0.1, -0.05) is 13.3 Å². The van der Waals surface area contributed by atoms with Crippen molar-refractivity contribution in [2.24, 2.45) is 5.92 Å². The number of likely N-dealkylation sites (tertiary alicyclic amines) is 1. The molecule has 0 unspecified atom stereocenters. The first kappa shape index (κ1) is 17.5. The molecule has 1 aliphatic heterocycles. The highest BCUT2D eigenvalue weighted by Crippen LogP contribution is 2.40. The highest BCUT2D eigenvalue weighted by molar-refractivity contribution is 5.93. The molecular formula is C19H32N4O. The first-order valence-corrected chi connectivity index (χ1v) is 9.28. The van der Waals surface area contributed by atoms with Gasteiger partial charge in [-0.05, 0) is 59.7 Å². The smallest absolute Gasteiger partial charge is 0.272 e. The number of carbonyl (C=O) groups excluding carboxylic acids is 1. The average molecular weight is 332 g/mol. The Labute approximate surface area is 146 Å². The van der Waals surface area contributed by atoms with Gasteiger partial charge < -0.3 is 9.80 Å². The lowest BCUT2D eigenvalue weighted by molar-refractivity contribution is 0.0760. The number of aromatic nitrogens is 2. The lowest BCUT2D eigenvalue weighted by Crippen LogP contribution is -2.37. The molecule has 2 fully saturated rings. The second-order valence-electron chi connectivity index (χ2n) is 8.72. The van der Waals surface area contributed by atoms with Crippen LogP contribution in [-0.4, -0.2) is 58.7 Å². The fourth-order valence-electron chi connectivity index (χ4n) is 3.81. The number of nitrogens with zero attached hydrogens (tertiary/aromatic N) is 4. The lowest BCUT2D eigenvalue weighted by atomic mass is 10.0. The molecule has 1 aliphatic carbocycles. The number of carbonyl (C=O) groups is 1. The zero-order valence-electron chi connectivity index (χ0n) is 16.0. The largest absolute Gasteiger partial charge is 0.335 e. The van der Waals surface area contributed by atoms with Crippen LogP contribution in [0.4, 0.5) is 0 Å². The highest BCUT2D eigenvalue weighted by atomic mass is 16.2. The second kappa shape index (κ2) is 6.17. The molecule has 1 saturated carbocycles. The van der Waals surface area contributed by atoms with E-state index in [1.165, 1.54) is 12.8 Å². The number of rotatable bonds is 4. The molecule has 1 aromatic rings. The number of amides is 1. The second-order valence-corrected chi connectivity index (χ2v) is 8.72. The minimum Gasteiger partial charge on any atom is -0.335 e. The molecule has 3 rings (SSSR count). The third kappa shape index (κ3) is 3.23. The van der Waals surface area contributed by atoms with Crippen LogP contribution in [0.1, 0.15) is 69.1 Å². The van der Waals surface area contributed by atoms with Crippen molar-refractivity contribution in [1.29, 1.82) is 0 Å². The Bertz CT molecular complexity index is 609. The predicted molar refractivity (Wildman–Crippen MR) is 96.4 cm³/mol. The van der Waals surface area contributed by atoms with Crippen molar-refractivity contribution in [3.63, 3.8) is 0 Å². The van der Waals surface area contributed by atoms with Crippen LogP contribution >= 0.6 is 0 Å². The van der Waals surface area contributed by atoms with Crippen molar-refractivity contribution in [2.75, 3.05) is 27.2 Å². The van der Waals surface area contributed by atoms with Crippen molar-refractivity contribution in [2.45, 2.75) is 64.5 Å². The summed E-state index contributed by atoms with van der Waals surface area (Å²) in [5.41, 5.74) is 1.69. The maximum Gasteiger partial charge on any atom is 0.272 e. The summed E-state index contributed by atoms with van der Waals surface area (Å²) in [4.78, 5) is 17.5. The predicted octanol–water partition coefficient (Wildman–Crippen LogP) is 2.93. The van der Waals surface area contributed by atoms with Gasteiger partial charge in [0.2, 0.25) is 0 Å². The molecule has 2 atom stereocenters. The standard InChI is InChI=1S/C19H32N4O/c1-7-13-11-22(12-17(13)21(5)6)18(24)16-10-15(14-8-9-14)20-23(16)19(2,3)4/h10,13-14,17H,7-9,11-12H2,1-6H3/t13-,17+/m0/s1. The normalized spacial score (nSPS) is 24.9. The zero-order chi connectivity index (χ0) is 17.6. The van der Waals surface area contributed by atoms with Crippen LogP contribution in [-0.2, 0) is 5.54 Å². The minimum absolute atomic E-state index is 0.145. The fraction of sp³-hybridized carbons (Fsp3) is 0.789. The molecular weight excluding hydrogens is 300 g/mol. The minimum atomic E-state index is -0.178. The van der Waals surface area contributed by atoms with Gasteiger partial charge in [-0.2, -0.15) is 5.10 Å². The zero-order valence-corrected chi connectivity index (χ0v) is 16.0. The summed E-state index contributed by atoms with van der Waals surface area (Å²) in [6.07, 6.45) is 3.52. The van der Waals surface area contributed by atoms with Crippen LogP contribution in [0.2, 0.25) is 0 Å². The Balaban J connectivity index is 1.87. The summed E-state index contributed by atoms with van der Waals surface area (Å²) < 4.78 is 1.95. The van der Waals surface area contributed by atoms with Crippen molar-refractivity contribution in [1.82, 2.24) is 19.6 Å². The Morgan fingerprint density at radius 2 is 1.96 bits per heavy atom. The van der Waals surface area contributed by atoms with Gasteiger partial charge in [-0.25, -0.2) is 0 Å². The Morgan fingerprint density at radius 3 is 2.42 bits per heavy atom. The van der Waals surface area contributed by atoms with Crippen LogP contribution in [0.25, 0.3) is 0 Å². The van der Waals surface area contributed by atoms with E-state index in [4.69, 9.17) is 5.10 Å². The Hall–Kier alpha value is -1.36. The molecule has 24 heavy (non-hydrogen) atoms. The molecule has 0 aromatic carbocycles. The van der Waals surface area contributed by atoms with Crippen molar-refractivity contribution in [3.8, 4) is 0 Å². The lowest BCUT2D eigenvalue weighted by Gasteiger charge is -2.25. The summed E-state index contributed by atoms with van der Waals surface area (Å²) in [5, 5.41) is 4.79. The third-order valence-corrected chi connectivity index (χ3v) is 5.46. The monoisotopic (exact) mass is 332 g/mol. The summed E-state index contributed by atoms with van der Waals surface area (Å²) >= 11 is 0. The van der Waals surface area contributed by atoms with Gasteiger partial charge in [-0.3, -0.25) is 9.48 Å². The van der Waals surface area contributed by atoms with Crippen LogP contribution in [0.3, 0.4) is 0 Å². The van der Waals surface area contributed by atoms with E-state index in [0.717, 1.165) is 30.9 Å². The van der Waals surface area contributed by atoms with Crippen molar-refractivity contribution in [3.05, 3.63) is 17.5 Å². The van der Waals surface area contributed by atoms with Crippen LogP contribution in [0.5, 0.6) is 0 Å². The maximum absolute atomic E-state index is 13.2. The first-order chi connectivity index (χ1) is 11.2. The molecule has 134 valence electrons. The number of likely N-dealkylation sites (N-methyl/N-ethyl adjacent to an activating group) is 1. The topological polar surface area (TPSA) is 41.4 Å². The van der Waals surface area contributed by atoms with Gasteiger partial charge in [-0.15, -0.1) is 0 Å². The summed E-state index contributed by atoms with van der Waals surface area (Å²) in [5.74, 6) is 1.27. The van der Waals surface area contributed by atoms with E-state index in [-0.39, 0.29) is 11.4 Å². The van der Waals surface area contributed by atoms with Gasteiger partial charge in [0.1, 0.15) is 5.69 Å². The molecule has 1 saturated heterocycles. The van der Waals surface area contributed by atoms with E-state index < -0.39 is 0 Å². The number of hydrogen-bond acceptors (Lipinski definition) is 3. The molecule has 1 aromatic heterocycles. The molecule has 0 bridgehead atoms. The fourth-order valence-corrected chi connectivity index (χ4v) is 3.81. The molecule has 0 radical (unpaired) electrons. The highest BCUT2D eigenvalue weighted by Gasteiger charge is 2.38. The maximum atomic E-state index is 13.2. The van der Waals surface area contributed by atoms with Gasteiger partial charge in [0.05, 0.1) is 11.2 Å². The Kier molecular flexibility index (Phi) is 4.49. The van der Waals surface area contributed by atoms with E-state index in [1.807, 2.05) is 9.58 Å². The molecule has 1 amide bonds. The SMILES string of the molecule is CC[C@H]1CN(C(=O)c2cc(C3CC3)nn2C(C)(C)C)C[C@H]1N(C)C. The third-order valence-electron chi connectivity index (χ3n) is 5.46. The van der Waals surface area contributed by atoms with Crippen LogP contribution < -0.4 is 0 Å². The van der Waals surface area contributed by atoms with Crippen LogP contribution in [0, 0.1) is 5.92 Å². The van der Waals surface area contributed by atoms with E-state index >= 15 is 0 Å². The van der Waals surface area contributed by atoms with E-state index in [1.54, 1.807) is 0 Å². The molecule has 0 N–H and O–H groups in total. The summed E-state index contributed by atoms with van der Waals surface area (Å²) in [6.45, 7) is 10.3. The van der Waals surface area contributed by atoms with Crippen molar-refractivity contribution >= 4 is 5.91 Å². The first-order valence-electron chi connectivity index (χ1n) is 9.28. The van der Waals surface area contributed by atoms with Gasteiger partial charge >= 0.3 is 0 Å². The van der Waals surface area contributed by atoms with Gasteiger partial charge in [0.15, 0.2) is 0 Å². The molecule has 2 heterocycles. The summed E-state index contributed by atoms with van der Waals surface area (Å²) in [7, 11) is 4.23. The van der Waals surface area contributed by atoms with Crippen LogP contribution in [0.15, 0.2) is 6.07 Å². The summed E-state index contributed by atoms with van der Waals surface area (Å²) in [6, 6.07) is 2.50. The number of hydrogen-bond donors (Lipinski definition) is 0. The molecule has 0 spiro atoms. The van der Waals surface area contributed by atoms with E-state index in [9.17, 15) is 4.79 Å². The quantitative estimate of drug-likeness (QED) is 0.851. The van der Waals surface area contributed by atoms with Gasteiger partial charge in [0, 0.05) is 25.0 Å². The molecule has 5 heteroatoms. The average Bonchev–Trinajstić information content (AvgIpc) is 3.10. The van der Waals surface area contributed by atoms with E-state index in [0.29, 0.717) is 17.9 Å².